The summed E-state index contributed by atoms with van der Waals surface area (Å²) in [5.74, 6) is -1.26. The molecule has 1 saturated carbocycles. The fourth-order valence-electron chi connectivity index (χ4n) is 4.36. The number of imidazole rings is 1. The predicted molar refractivity (Wildman–Crippen MR) is 109 cm³/mol. The minimum atomic E-state index is -1.11. The van der Waals surface area contributed by atoms with Gasteiger partial charge in [-0.25, -0.2) is 9.78 Å². The number of fused-ring (bicyclic) bond motifs is 1. The van der Waals surface area contributed by atoms with E-state index < -0.39 is 17.4 Å². The smallest absolute Gasteiger partial charge is 0.359 e. The molecule has 0 radical (unpaired) electrons. The number of hydrogen-bond donors (Lipinski definition) is 1. The zero-order valence-corrected chi connectivity index (χ0v) is 17.3. The zero-order valence-electron chi connectivity index (χ0n) is 17.3. The molecule has 0 spiro atoms. The number of benzene rings is 1. The fourth-order valence-corrected chi connectivity index (χ4v) is 4.36. The number of amides is 2. The molecule has 2 aliphatic rings. The number of nitrogens with zero attached hydrogens (tertiary/aromatic N) is 3. The summed E-state index contributed by atoms with van der Waals surface area (Å²) in [4.78, 5) is 44.7. The molecular weight excluding hydrogens is 384 g/mol. The molecule has 0 unspecified atom stereocenters. The van der Waals surface area contributed by atoms with Gasteiger partial charge in [0, 0.05) is 12.6 Å². The summed E-state index contributed by atoms with van der Waals surface area (Å²) in [5, 5.41) is 3.14. The van der Waals surface area contributed by atoms with Crippen LogP contribution in [0.15, 0.2) is 36.7 Å². The Kier molecular flexibility index (Phi) is 5.32. The normalized spacial score (nSPS) is 21.4. The molecule has 2 aromatic rings. The van der Waals surface area contributed by atoms with Gasteiger partial charge in [-0.2, -0.15) is 0 Å². The monoisotopic (exact) mass is 410 g/mol. The second kappa shape index (κ2) is 7.93. The second-order valence-corrected chi connectivity index (χ2v) is 8.17. The van der Waals surface area contributed by atoms with Crippen molar-refractivity contribution in [2.24, 2.45) is 0 Å². The van der Waals surface area contributed by atoms with E-state index in [-0.39, 0.29) is 36.4 Å². The van der Waals surface area contributed by atoms with E-state index in [1.54, 1.807) is 16.4 Å². The van der Waals surface area contributed by atoms with Crippen molar-refractivity contribution < 1.29 is 19.1 Å². The molecule has 1 aromatic carbocycles. The van der Waals surface area contributed by atoms with Crippen molar-refractivity contribution in [3.63, 3.8) is 0 Å². The molecule has 0 bridgehead atoms. The quantitative estimate of drug-likeness (QED) is 0.763. The van der Waals surface area contributed by atoms with Crippen LogP contribution in [0.5, 0.6) is 0 Å². The molecule has 30 heavy (non-hydrogen) atoms. The van der Waals surface area contributed by atoms with Crippen molar-refractivity contribution in [3.8, 4) is 0 Å². The summed E-state index contributed by atoms with van der Waals surface area (Å²) < 4.78 is 6.37. The van der Waals surface area contributed by atoms with Gasteiger partial charge in [0.25, 0.3) is 5.91 Å². The van der Waals surface area contributed by atoms with E-state index in [1.807, 2.05) is 30.3 Å². The number of methoxy groups -OCH3 is 1. The summed E-state index contributed by atoms with van der Waals surface area (Å²) in [7, 11) is 1.25. The second-order valence-electron chi connectivity index (χ2n) is 8.17. The average Bonchev–Trinajstić information content (AvgIpc) is 3.41. The Bertz CT molecular complexity index is 965. The molecule has 1 aliphatic heterocycles. The van der Waals surface area contributed by atoms with Crippen LogP contribution < -0.4 is 5.32 Å². The third-order valence-corrected chi connectivity index (χ3v) is 6.10. The van der Waals surface area contributed by atoms with E-state index in [0.29, 0.717) is 0 Å². The lowest BCUT2D eigenvalue weighted by molar-refractivity contribution is -0.134. The van der Waals surface area contributed by atoms with Crippen molar-refractivity contribution >= 4 is 17.8 Å². The Morgan fingerprint density at radius 3 is 2.60 bits per heavy atom. The van der Waals surface area contributed by atoms with E-state index in [2.05, 4.69) is 10.3 Å². The summed E-state index contributed by atoms with van der Waals surface area (Å²) in [6.07, 6.45) is 5.54. The van der Waals surface area contributed by atoms with Gasteiger partial charge in [-0.1, -0.05) is 43.2 Å². The first-order valence-corrected chi connectivity index (χ1v) is 10.2. The maximum Gasteiger partial charge on any atom is 0.359 e. The number of rotatable bonds is 5. The molecule has 2 heterocycles. The number of aromatic nitrogens is 2. The van der Waals surface area contributed by atoms with Crippen LogP contribution in [0.25, 0.3) is 0 Å². The number of carbonyl (C=O) groups excluding carboxylic acids is 3. The van der Waals surface area contributed by atoms with Gasteiger partial charge in [-0.15, -0.1) is 0 Å². The lowest BCUT2D eigenvalue weighted by Gasteiger charge is -2.44. The molecular formula is C22H26N4O4. The molecule has 1 atom stereocenters. The molecule has 1 aliphatic carbocycles. The highest BCUT2D eigenvalue weighted by molar-refractivity contribution is 6.06. The summed E-state index contributed by atoms with van der Waals surface area (Å²) in [6.45, 7) is 2.24. The van der Waals surface area contributed by atoms with E-state index >= 15 is 0 Å². The van der Waals surface area contributed by atoms with Crippen molar-refractivity contribution in [1.82, 2.24) is 19.8 Å². The van der Waals surface area contributed by atoms with Crippen LogP contribution in [0.1, 0.15) is 59.1 Å². The van der Waals surface area contributed by atoms with E-state index in [0.717, 1.165) is 31.2 Å². The highest BCUT2D eigenvalue weighted by atomic mass is 16.5. The zero-order chi connectivity index (χ0) is 21.3. The van der Waals surface area contributed by atoms with Crippen LogP contribution in [0.4, 0.5) is 0 Å². The van der Waals surface area contributed by atoms with Crippen LogP contribution >= 0.6 is 0 Å². The standard InChI is InChI=1S/C22H26N4O4/c1-22(21(29)24-16-10-6-7-11-16)13-25-14-23-17(20(28)30-2)18(25)19(27)26(22)12-15-8-4-3-5-9-15/h3-5,8-9,14,16H,6-7,10-13H2,1-2H3,(H,24,29)/t22-/m1/s1. The van der Waals surface area contributed by atoms with Crippen LogP contribution in [0.2, 0.25) is 0 Å². The van der Waals surface area contributed by atoms with Crippen molar-refractivity contribution in [2.45, 2.75) is 57.3 Å². The SMILES string of the molecule is COC(=O)c1ncn2c1C(=O)N(Cc1ccccc1)[C@@](C)(C(=O)NC1CCCC1)C2. The minimum Gasteiger partial charge on any atom is -0.464 e. The predicted octanol–water partition coefficient (Wildman–Crippen LogP) is 2.14. The Morgan fingerprint density at radius 1 is 1.23 bits per heavy atom. The molecule has 4 rings (SSSR count). The van der Waals surface area contributed by atoms with Crippen LogP contribution in [-0.2, 0) is 22.6 Å². The van der Waals surface area contributed by atoms with Crippen LogP contribution in [-0.4, -0.2) is 50.9 Å². The van der Waals surface area contributed by atoms with Gasteiger partial charge in [0.15, 0.2) is 5.69 Å². The van der Waals surface area contributed by atoms with E-state index in [1.165, 1.54) is 13.4 Å². The van der Waals surface area contributed by atoms with Crippen LogP contribution in [0.3, 0.4) is 0 Å². The highest BCUT2D eigenvalue weighted by Gasteiger charge is 2.49. The molecule has 1 aromatic heterocycles. The van der Waals surface area contributed by atoms with E-state index in [4.69, 9.17) is 4.74 Å². The van der Waals surface area contributed by atoms with Gasteiger partial charge in [0.2, 0.25) is 5.91 Å². The number of esters is 1. The first kappa shape index (κ1) is 20.1. The Hall–Kier alpha value is -3.16. The molecule has 8 nitrogen and oxygen atoms in total. The van der Waals surface area contributed by atoms with Gasteiger partial charge in [0.1, 0.15) is 11.2 Å². The first-order chi connectivity index (χ1) is 14.4. The fraction of sp³-hybridized carbons (Fsp3) is 0.455. The molecule has 1 N–H and O–H groups in total. The Balaban J connectivity index is 1.72. The summed E-state index contributed by atoms with van der Waals surface area (Å²) in [6, 6.07) is 9.65. The van der Waals surface area contributed by atoms with Gasteiger partial charge in [0.05, 0.1) is 20.0 Å². The molecule has 8 heteroatoms. The molecule has 0 saturated heterocycles. The number of carbonyl (C=O) groups is 3. The number of hydrogen-bond acceptors (Lipinski definition) is 5. The van der Waals surface area contributed by atoms with Gasteiger partial charge in [-0.3, -0.25) is 9.59 Å². The third-order valence-electron chi connectivity index (χ3n) is 6.10. The topological polar surface area (TPSA) is 93.5 Å². The van der Waals surface area contributed by atoms with Crippen molar-refractivity contribution in [1.29, 1.82) is 0 Å². The van der Waals surface area contributed by atoms with Crippen molar-refractivity contribution in [3.05, 3.63) is 53.6 Å². The average molecular weight is 410 g/mol. The minimum absolute atomic E-state index is 0.0289. The molecule has 158 valence electrons. The highest BCUT2D eigenvalue weighted by Crippen LogP contribution is 2.31. The van der Waals surface area contributed by atoms with E-state index in [9.17, 15) is 14.4 Å². The number of nitrogens with one attached hydrogen (secondary N) is 1. The van der Waals surface area contributed by atoms with Gasteiger partial charge < -0.3 is 19.5 Å². The maximum atomic E-state index is 13.6. The lowest BCUT2D eigenvalue weighted by atomic mass is 9.93. The summed E-state index contributed by atoms with van der Waals surface area (Å²) >= 11 is 0. The molecule has 2 amide bonds. The Morgan fingerprint density at radius 2 is 1.93 bits per heavy atom. The van der Waals surface area contributed by atoms with Gasteiger partial charge in [-0.05, 0) is 25.3 Å². The first-order valence-electron chi connectivity index (χ1n) is 10.2. The molecule has 1 fully saturated rings. The number of ether oxygens (including phenoxy) is 1. The Labute approximate surface area is 175 Å². The maximum absolute atomic E-state index is 13.6. The lowest BCUT2D eigenvalue weighted by Crippen LogP contribution is -2.64. The largest absolute Gasteiger partial charge is 0.464 e. The van der Waals surface area contributed by atoms with Crippen LogP contribution in [0, 0.1) is 0 Å². The summed E-state index contributed by atoms with van der Waals surface area (Å²) in [5.41, 5.74) is -0.0857. The third kappa shape index (κ3) is 3.46. The van der Waals surface area contributed by atoms with Gasteiger partial charge >= 0.3 is 5.97 Å². The van der Waals surface area contributed by atoms with Crippen molar-refractivity contribution in [2.75, 3.05) is 7.11 Å².